The van der Waals surface area contributed by atoms with Gasteiger partial charge >= 0.3 is 0 Å². The van der Waals surface area contributed by atoms with Crippen molar-refractivity contribution >= 4 is 28.9 Å². The van der Waals surface area contributed by atoms with Crippen molar-refractivity contribution in [1.82, 2.24) is 9.97 Å². The van der Waals surface area contributed by atoms with Crippen molar-refractivity contribution < 1.29 is 0 Å². The van der Waals surface area contributed by atoms with Crippen LogP contribution in [0.25, 0.3) is 0 Å². The molecule has 18 heavy (non-hydrogen) atoms. The van der Waals surface area contributed by atoms with Crippen LogP contribution in [0.15, 0.2) is 24.3 Å². The van der Waals surface area contributed by atoms with Gasteiger partial charge in [0.2, 0.25) is 0 Å². The van der Waals surface area contributed by atoms with Gasteiger partial charge < -0.3 is 10.6 Å². The Bertz CT molecular complexity index is 569. The maximum Gasteiger partial charge on any atom is 0.136 e. The molecule has 0 unspecified atom stereocenters. The van der Waals surface area contributed by atoms with Crippen LogP contribution in [0.1, 0.15) is 11.4 Å². The van der Waals surface area contributed by atoms with Gasteiger partial charge in [0.25, 0.3) is 0 Å². The Morgan fingerprint density at radius 2 is 1.78 bits per heavy atom. The second-order valence-corrected chi connectivity index (χ2v) is 4.46. The fraction of sp³-hybridized carbons (Fsp3) is 0.231. The van der Waals surface area contributed by atoms with Crippen molar-refractivity contribution in [1.29, 1.82) is 0 Å². The summed E-state index contributed by atoms with van der Waals surface area (Å²) in [6.45, 7) is 3.88. The Morgan fingerprint density at radius 3 is 2.50 bits per heavy atom. The minimum atomic E-state index is 0.697. The van der Waals surface area contributed by atoms with Crippen molar-refractivity contribution in [3.05, 3.63) is 40.7 Å². The van der Waals surface area contributed by atoms with Crippen LogP contribution in [0.5, 0.6) is 0 Å². The van der Waals surface area contributed by atoms with Gasteiger partial charge in [0.1, 0.15) is 17.5 Å². The standard InChI is InChI=1S/C13H15ClN4/c1-8-4-5-10(14)6-11(8)18-13-7-12(15-3)16-9(2)17-13/h4-7H,1-3H3,(H2,15,16,17,18). The summed E-state index contributed by atoms with van der Waals surface area (Å²) >= 11 is 5.99. The van der Waals surface area contributed by atoms with Crippen LogP contribution >= 0.6 is 11.6 Å². The molecule has 0 aliphatic carbocycles. The molecule has 2 N–H and O–H groups in total. The number of hydrogen-bond donors (Lipinski definition) is 2. The van der Waals surface area contributed by atoms with Gasteiger partial charge in [-0.25, -0.2) is 9.97 Å². The van der Waals surface area contributed by atoms with E-state index < -0.39 is 0 Å². The van der Waals surface area contributed by atoms with Crippen LogP contribution in [0.4, 0.5) is 17.3 Å². The van der Waals surface area contributed by atoms with Crippen LogP contribution in [-0.4, -0.2) is 17.0 Å². The van der Waals surface area contributed by atoms with Crippen LogP contribution < -0.4 is 10.6 Å². The molecule has 0 bridgehead atoms. The zero-order valence-corrected chi connectivity index (χ0v) is 11.3. The number of rotatable bonds is 3. The zero-order chi connectivity index (χ0) is 13.1. The third-order valence-corrected chi connectivity index (χ3v) is 2.79. The SMILES string of the molecule is CNc1cc(Nc2cc(Cl)ccc2C)nc(C)n1. The van der Waals surface area contributed by atoms with Crippen LogP contribution in [0.2, 0.25) is 5.02 Å². The summed E-state index contributed by atoms with van der Waals surface area (Å²) in [5.74, 6) is 2.24. The van der Waals surface area contributed by atoms with E-state index in [1.54, 1.807) is 0 Å². The summed E-state index contributed by atoms with van der Waals surface area (Å²) in [5, 5.41) is 6.95. The van der Waals surface area contributed by atoms with Crippen molar-refractivity contribution in [2.75, 3.05) is 17.7 Å². The van der Waals surface area contributed by atoms with E-state index in [0.717, 1.165) is 22.9 Å². The molecule has 4 nitrogen and oxygen atoms in total. The molecule has 0 aliphatic rings. The quantitative estimate of drug-likeness (QED) is 0.888. The summed E-state index contributed by atoms with van der Waals surface area (Å²) in [7, 11) is 1.83. The minimum absolute atomic E-state index is 0.697. The van der Waals surface area contributed by atoms with Gasteiger partial charge in [-0.1, -0.05) is 17.7 Å². The lowest BCUT2D eigenvalue weighted by atomic mass is 10.2. The van der Waals surface area contributed by atoms with Gasteiger partial charge in [-0.15, -0.1) is 0 Å². The van der Waals surface area contributed by atoms with Crippen molar-refractivity contribution in [2.45, 2.75) is 13.8 Å². The third kappa shape index (κ3) is 2.90. The molecule has 94 valence electrons. The molecular weight excluding hydrogens is 248 g/mol. The smallest absolute Gasteiger partial charge is 0.136 e. The Labute approximate surface area is 111 Å². The maximum atomic E-state index is 5.99. The Kier molecular flexibility index (Phi) is 3.67. The monoisotopic (exact) mass is 262 g/mol. The van der Waals surface area contributed by atoms with Gasteiger partial charge in [-0.3, -0.25) is 0 Å². The predicted molar refractivity (Wildman–Crippen MR) is 75.8 cm³/mol. The molecule has 0 saturated carbocycles. The van der Waals surface area contributed by atoms with Gasteiger partial charge in [-0.05, 0) is 31.5 Å². The molecule has 5 heteroatoms. The summed E-state index contributed by atoms with van der Waals surface area (Å²) in [6.07, 6.45) is 0. The molecule has 1 heterocycles. The van der Waals surface area contributed by atoms with Crippen molar-refractivity contribution in [2.24, 2.45) is 0 Å². The molecule has 0 aliphatic heterocycles. The van der Waals surface area contributed by atoms with E-state index in [4.69, 9.17) is 11.6 Å². The van der Waals surface area contributed by atoms with E-state index in [2.05, 4.69) is 20.6 Å². The lowest BCUT2D eigenvalue weighted by Gasteiger charge is -2.11. The number of halogens is 1. The first-order valence-corrected chi connectivity index (χ1v) is 6.03. The average molecular weight is 263 g/mol. The van der Waals surface area contributed by atoms with E-state index in [-0.39, 0.29) is 0 Å². The average Bonchev–Trinajstić information content (AvgIpc) is 2.33. The first-order valence-electron chi connectivity index (χ1n) is 5.65. The highest BCUT2D eigenvalue weighted by atomic mass is 35.5. The van der Waals surface area contributed by atoms with Crippen molar-refractivity contribution in [3.8, 4) is 0 Å². The highest BCUT2D eigenvalue weighted by molar-refractivity contribution is 6.30. The molecule has 0 amide bonds. The first kappa shape index (κ1) is 12.6. The minimum Gasteiger partial charge on any atom is -0.373 e. The van der Waals surface area contributed by atoms with E-state index in [1.165, 1.54) is 0 Å². The number of aromatic nitrogens is 2. The topological polar surface area (TPSA) is 49.8 Å². The van der Waals surface area contributed by atoms with E-state index in [1.807, 2.05) is 45.2 Å². The lowest BCUT2D eigenvalue weighted by Crippen LogP contribution is -2.01. The van der Waals surface area contributed by atoms with Crippen LogP contribution in [0.3, 0.4) is 0 Å². The normalized spacial score (nSPS) is 10.2. The second-order valence-electron chi connectivity index (χ2n) is 4.02. The van der Waals surface area contributed by atoms with E-state index in [9.17, 15) is 0 Å². The largest absolute Gasteiger partial charge is 0.373 e. The Balaban J connectivity index is 2.33. The number of nitrogens with one attached hydrogen (secondary N) is 2. The molecule has 1 aromatic carbocycles. The van der Waals surface area contributed by atoms with Gasteiger partial charge in [0, 0.05) is 23.8 Å². The number of anilines is 3. The summed E-state index contributed by atoms with van der Waals surface area (Å²) in [5.41, 5.74) is 2.06. The lowest BCUT2D eigenvalue weighted by molar-refractivity contribution is 1.05. The van der Waals surface area contributed by atoms with Crippen LogP contribution in [0, 0.1) is 13.8 Å². The van der Waals surface area contributed by atoms with E-state index >= 15 is 0 Å². The molecule has 2 rings (SSSR count). The molecule has 0 fully saturated rings. The maximum absolute atomic E-state index is 5.99. The number of benzene rings is 1. The molecule has 0 atom stereocenters. The van der Waals surface area contributed by atoms with Gasteiger partial charge in [-0.2, -0.15) is 0 Å². The number of nitrogens with zero attached hydrogens (tertiary/aromatic N) is 2. The second kappa shape index (κ2) is 5.23. The fourth-order valence-electron chi connectivity index (χ4n) is 1.63. The van der Waals surface area contributed by atoms with Gasteiger partial charge in [0.05, 0.1) is 0 Å². The third-order valence-electron chi connectivity index (χ3n) is 2.56. The Morgan fingerprint density at radius 1 is 1.06 bits per heavy atom. The summed E-state index contributed by atoms with van der Waals surface area (Å²) < 4.78 is 0. The Hall–Kier alpha value is -1.81. The van der Waals surface area contributed by atoms with E-state index in [0.29, 0.717) is 10.8 Å². The molecule has 0 saturated heterocycles. The summed E-state index contributed by atoms with van der Waals surface area (Å²) in [4.78, 5) is 8.59. The van der Waals surface area contributed by atoms with Gasteiger partial charge in [0.15, 0.2) is 0 Å². The predicted octanol–water partition coefficient (Wildman–Crippen LogP) is 3.53. The van der Waals surface area contributed by atoms with Crippen molar-refractivity contribution in [3.63, 3.8) is 0 Å². The molecular formula is C13H15ClN4. The van der Waals surface area contributed by atoms with Crippen LogP contribution in [-0.2, 0) is 0 Å². The first-order chi connectivity index (χ1) is 8.58. The summed E-state index contributed by atoms with van der Waals surface area (Å²) in [6, 6.07) is 7.57. The fourth-order valence-corrected chi connectivity index (χ4v) is 1.80. The molecule has 0 spiro atoms. The number of aryl methyl sites for hydroxylation is 2. The molecule has 0 radical (unpaired) electrons. The highest BCUT2D eigenvalue weighted by Gasteiger charge is 2.04. The zero-order valence-electron chi connectivity index (χ0n) is 10.6. The molecule has 1 aromatic heterocycles. The highest BCUT2D eigenvalue weighted by Crippen LogP contribution is 2.24. The number of hydrogen-bond acceptors (Lipinski definition) is 4. The molecule has 2 aromatic rings.